The standard InChI is InChI=1S/C15H18N2O2S/c1-9(2)14-13(10(3)17-19-14)15(18)16-11-6-5-7-12(8-11)20-4/h5-9H,1-4H3,(H,16,18). The Morgan fingerprint density at radius 2 is 2.15 bits per heavy atom. The summed E-state index contributed by atoms with van der Waals surface area (Å²) in [6, 6.07) is 7.74. The minimum absolute atomic E-state index is 0.120. The van der Waals surface area contributed by atoms with Gasteiger partial charge in [0.25, 0.3) is 5.91 Å². The lowest BCUT2D eigenvalue weighted by molar-refractivity contribution is 0.102. The zero-order valence-corrected chi connectivity index (χ0v) is 12.9. The van der Waals surface area contributed by atoms with Crippen LogP contribution in [0.1, 0.15) is 41.6 Å². The highest BCUT2D eigenvalue weighted by atomic mass is 32.2. The summed E-state index contributed by atoms with van der Waals surface area (Å²) in [6.07, 6.45) is 2.00. The van der Waals surface area contributed by atoms with Gasteiger partial charge >= 0.3 is 0 Å². The van der Waals surface area contributed by atoms with Gasteiger partial charge in [0.2, 0.25) is 0 Å². The molecule has 20 heavy (non-hydrogen) atoms. The van der Waals surface area contributed by atoms with Gasteiger partial charge in [0.1, 0.15) is 5.56 Å². The maximum atomic E-state index is 12.4. The van der Waals surface area contributed by atoms with E-state index in [1.165, 1.54) is 0 Å². The van der Waals surface area contributed by atoms with E-state index in [-0.39, 0.29) is 11.8 Å². The summed E-state index contributed by atoms with van der Waals surface area (Å²) in [4.78, 5) is 13.5. The van der Waals surface area contributed by atoms with E-state index in [2.05, 4.69) is 10.5 Å². The van der Waals surface area contributed by atoms with Crippen LogP contribution in [0.4, 0.5) is 5.69 Å². The molecule has 0 saturated heterocycles. The van der Waals surface area contributed by atoms with Crippen molar-refractivity contribution in [3.8, 4) is 0 Å². The molecule has 0 atom stereocenters. The van der Waals surface area contributed by atoms with Crippen LogP contribution >= 0.6 is 11.8 Å². The van der Waals surface area contributed by atoms with Crippen molar-refractivity contribution in [2.75, 3.05) is 11.6 Å². The Balaban J connectivity index is 2.26. The Kier molecular flexibility index (Phi) is 4.49. The number of aromatic nitrogens is 1. The van der Waals surface area contributed by atoms with Crippen LogP contribution in [0.2, 0.25) is 0 Å². The van der Waals surface area contributed by atoms with E-state index in [0.717, 1.165) is 10.6 Å². The van der Waals surface area contributed by atoms with Crippen molar-refractivity contribution in [2.45, 2.75) is 31.6 Å². The summed E-state index contributed by atoms with van der Waals surface area (Å²) in [5.41, 5.74) is 1.93. The number of rotatable bonds is 4. The number of carbonyl (C=O) groups is 1. The lowest BCUT2D eigenvalue weighted by atomic mass is 10.0. The van der Waals surface area contributed by atoms with Gasteiger partial charge in [-0.1, -0.05) is 25.1 Å². The number of anilines is 1. The van der Waals surface area contributed by atoms with Gasteiger partial charge in [0.05, 0.1) is 5.69 Å². The Morgan fingerprint density at radius 3 is 2.80 bits per heavy atom. The first-order chi connectivity index (χ1) is 9.52. The summed E-state index contributed by atoms with van der Waals surface area (Å²) in [7, 11) is 0. The number of benzene rings is 1. The van der Waals surface area contributed by atoms with Gasteiger partial charge in [-0.3, -0.25) is 4.79 Å². The molecule has 0 bridgehead atoms. The Labute approximate surface area is 122 Å². The number of amides is 1. The van der Waals surface area contributed by atoms with Crippen LogP contribution < -0.4 is 5.32 Å². The summed E-state index contributed by atoms with van der Waals surface area (Å²) in [5.74, 6) is 0.571. The zero-order chi connectivity index (χ0) is 14.7. The maximum absolute atomic E-state index is 12.4. The number of nitrogens with one attached hydrogen (secondary N) is 1. The predicted molar refractivity (Wildman–Crippen MR) is 81.5 cm³/mol. The van der Waals surface area contributed by atoms with E-state index in [1.807, 2.05) is 44.4 Å². The average Bonchev–Trinajstić information content (AvgIpc) is 2.81. The minimum atomic E-state index is -0.175. The second-order valence-corrected chi connectivity index (χ2v) is 5.73. The zero-order valence-electron chi connectivity index (χ0n) is 12.1. The number of aryl methyl sites for hydroxylation is 1. The normalized spacial score (nSPS) is 10.8. The van der Waals surface area contributed by atoms with Crippen molar-refractivity contribution in [3.63, 3.8) is 0 Å². The fourth-order valence-electron chi connectivity index (χ4n) is 1.95. The van der Waals surface area contributed by atoms with Crippen molar-refractivity contribution in [1.29, 1.82) is 0 Å². The monoisotopic (exact) mass is 290 g/mol. The van der Waals surface area contributed by atoms with Crippen LogP contribution in [-0.4, -0.2) is 17.3 Å². The average molecular weight is 290 g/mol. The van der Waals surface area contributed by atoms with Crippen LogP contribution in [0.15, 0.2) is 33.7 Å². The Bertz CT molecular complexity index is 620. The first-order valence-corrected chi connectivity index (χ1v) is 7.67. The summed E-state index contributed by atoms with van der Waals surface area (Å²) >= 11 is 1.64. The molecule has 4 nitrogen and oxygen atoms in total. The van der Waals surface area contributed by atoms with Crippen LogP contribution in [0, 0.1) is 6.92 Å². The van der Waals surface area contributed by atoms with Gasteiger partial charge in [-0.2, -0.15) is 0 Å². The third-order valence-electron chi connectivity index (χ3n) is 2.97. The molecule has 0 radical (unpaired) electrons. The predicted octanol–water partition coefficient (Wildman–Crippen LogP) is 4.08. The molecule has 1 heterocycles. The lowest BCUT2D eigenvalue weighted by Gasteiger charge is -2.08. The molecule has 0 unspecified atom stereocenters. The van der Waals surface area contributed by atoms with Crippen molar-refractivity contribution in [1.82, 2.24) is 5.16 Å². The summed E-state index contributed by atoms with van der Waals surface area (Å²) in [5, 5.41) is 6.80. The fourth-order valence-corrected chi connectivity index (χ4v) is 2.41. The molecule has 1 aromatic carbocycles. The molecule has 0 aliphatic heterocycles. The molecule has 5 heteroatoms. The molecule has 2 rings (SSSR count). The number of hydrogen-bond acceptors (Lipinski definition) is 4. The van der Waals surface area contributed by atoms with E-state index < -0.39 is 0 Å². The first-order valence-electron chi connectivity index (χ1n) is 6.44. The molecule has 2 aromatic rings. The minimum Gasteiger partial charge on any atom is -0.360 e. The molecule has 0 saturated carbocycles. The largest absolute Gasteiger partial charge is 0.360 e. The smallest absolute Gasteiger partial charge is 0.261 e. The summed E-state index contributed by atoms with van der Waals surface area (Å²) in [6.45, 7) is 5.73. The van der Waals surface area contributed by atoms with E-state index in [9.17, 15) is 4.79 Å². The Hall–Kier alpha value is -1.75. The molecule has 0 aliphatic carbocycles. The molecular formula is C15H18N2O2S. The second kappa shape index (κ2) is 6.13. The van der Waals surface area contributed by atoms with Gasteiger partial charge in [-0.15, -0.1) is 11.8 Å². The maximum Gasteiger partial charge on any atom is 0.261 e. The van der Waals surface area contributed by atoms with Crippen molar-refractivity contribution >= 4 is 23.4 Å². The number of nitrogens with zero attached hydrogens (tertiary/aromatic N) is 1. The van der Waals surface area contributed by atoms with E-state index >= 15 is 0 Å². The van der Waals surface area contributed by atoms with Crippen LogP contribution in [0.3, 0.4) is 0 Å². The molecular weight excluding hydrogens is 272 g/mol. The SMILES string of the molecule is CSc1cccc(NC(=O)c2c(C)noc2C(C)C)c1. The summed E-state index contributed by atoms with van der Waals surface area (Å²) < 4.78 is 5.25. The number of thioether (sulfide) groups is 1. The van der Waals surface area contributed by atoms with Crippen molar-refractivity contribution in [2.24, 2.45) is 0 Å². The van der Waals surface area contributed by atoms with Gasteiger partial charge in [0.15, 0.2) is 5.76 Å². The quantitative estimate of drug-likeness (QED) is 0.862. The molecule has 0 fully saturated rings. The van der Waals surface area contributed by atoms with Crippen molar-refractivity contribution < 1.29 is 9.32 Å². The molecule has 0 aliphatic rings. The first kappa shape index (κ1) is 14.7. The van der Waals surface area contributed by atoms with Crippen LogP contribution in [0.5, 0.6) is 0 Å². The third kappa shape index (κ3) is 3.04. The highest BCUT2D eigenvalue weighted by Gasteiger charge is 2.22. The fraction of sp³-hybridized carbons (Fsp3) is 0.333. The van der Waals surface area contributed by atoms with E-state index in [0.29, 0.717) is 17.0 Å². The number of carbonyl (C=O) groups excluding carboxylic acids is 1. The van der Waals surface area contributed by atoms with Crippen molar-refractivity contribution in [3.05, 3.63) is 41.3 Å². The highest BCUT2D eigenvalue weighted by Crippen LogP contribution is 2.24. The molecule has 1 aromatic heterocycles. The van der Waals surface area contributed by atoms with Gasteiger partial charge in [-0.25, -0.2) is 0 Å². The van der Waals surface area contributed by atoms with Gasteiger partial charge in [0, 0.05) is 16.5 Å². The molecule has 1 amide bonds. The third-order valence-corrected chi connectivity index (χ3v) is 3.69. The van der Waals surface area contributed by atoms with Gasteiger partial charge < -0.3 is 9.84 Å². The van der Waals surface area contributed by atoms with Crippen LogP contribution in [-0.2, 0) is 0 Å². The lowest BCUT2D eigenvalue weighted by Crippen LogP contribution is -2.14. The Morgan fingerprint density at radius 1 is 1.40 bits per heavy atom. The molecule has 0 spiro atoms. The second-order valence-electron chi connectivity index (χ2n) is 4.85. The topological polar surface area (TPSA) is 55.1 Å². The van der Waals surface area contributed by atoms with E-state index in [1.54, 1.807) is 18.7 Å². The number of hydrogen-bond donors (Lipinski definition) is 1. The molecule has 1 N–H and O–H groups in total. The van der Waals surface area contributed by atoms with Gasteiger partial charge in [-0.05, 0) is 31.4 Å². The molecule has 106 valence electrons. The van der Waals surface area contributed by atoms with E-state index in [4.69, 9.17) is 4.52 Å². The van der Waals surface area contributed by atoms with Crippen LogP contribution in [0.25, 0.3) is 0 Å². The highest BCUT2D eigenvalue weighted by molar-refractivity contribution is 7.98.